The number of aliphatic hydroxyl groups excluding tert-OH is 1. The zero-order valence-electron chi connectivity index (χ0n) is 26.7. The first-order valence-electron chi connectivity index (χ1n) is 15.2. The normalized spacial score (nSPS) is 17.1. The summed E-state index contributed by atoms with van der Waals surface area (Å²) in [5.74, 6) is 0.145. The highest BCUT2D eigenvalue weighted by atomic mass is 35.5. The van der Waals surface area contributed by atoms with Crippen molar-refractivity contribution >= 4 is 34.8 Å². The number of hydrogen-bond acceptors (Lipinski definition) is 5. The standard InChI is InChI=1S/2C16H15ClO.C6H14N2O/c2*1-11-4-3-5-15(10-11)16(17)14-8-6-13(7-9-14)12(2)18;1-5-2-8-6(4-9)3-7-5/h2*3-10,16H,1-2H3;5-9H,2-4H2,1H3. The highest BCUT2D eigenvalue weighted by Crippen LogP contribution is 2.30. The van der Waals surface area contributed by atoms with Crippen LogP contribution in [0, 0.1) is 13.8 Å². The average Bonchev–Trinajstić information content (AvgIpc) is 3.05. The van der Waals surface area contributed by atoms with E-state index in [0.29, 0.717) is 17.2 Å². The van der Waals surface area contributed by atoms with Gasteiger partial charge in [-0.15, -0.1) is 23.2 Å². The van der Waals surface area contributed by atoms with Gasteiger partial charge in [0.05, 0.1) is 17.4 Å². The fourth-order valence-electron chi connectivity index (χ4n) is 4.77. The Labute approximate surface area is 278 Å². The maximum Gasteiger partial charge on any atom is 0.159 e. The van der Waals surface area contributed by atoms with Gasteiger partial charge in [-0.05, 0) is 56.9 Å². The van der Waals surface area contributed by atoms with Crippen LogP contribution in [0.5, 0.6) is 0 Å². The van der Waals surface area contributed by atoms with Crippen molar-refractivity contribution in [2.24, 2.45) is 0 Å². The van der Waals surface area contributed by atoms with Crippen LogP contribution in [0.4, 0.5) is 0 Å². The van der Waals surface area contributed by atoms with Gasteiger partial charge in [0.1, 0.15) is 0 Å². The highest BCUT2D eigenvalue weighted by Gasteiger charge is 2.15. The summed E-state index contributed by atoms with van der Waals surface area (Å²) < 4.78 is 0. The van der Waals surface area contributed by atoms with Crippen LogP contribution in [0.1, 0.15) is 85.6 Å². The highest BCUT2D eigenvalue weighted by molar-refractivity contribution is 6.23. The van der Waals surface area contributed by atoms with Crippen molar-refractivity contribution in [3.05, 3.63) is 142 Å². The van der Waals surface area contributed by atoms with Gasteiger partial charge in [0, 0.05) is 36.3 Å². The fraction of sp³-hybridized carbons (Fsp3) is 0.316. The summed E-state index contributed by atoms with van der Waals surface area (Å²) in [5, 5.41) is 14.8. The van der Waals surface area contributed by atoms with E-state index in [9.17, 15) is 9.59 Å². The van der Waals surface area contributed by atoms with Crippen molar-refractivity contribution in [1.82, 2.24) is 10.6 Å². The zero-order valence-corrected chi connectivity index (χ0v) is 28.2. The number of Topliss-reactive ketones (excluding diaryl/α,β-unsaturated/α-hetero) is 2. The van der Waals surface area contributed by atoms with E-state index >= 15 is 0 Å². The number of aliphatic hydroxyl groups is 1. The quantitative estimate of drug-likeness (QED) is 0.140. The number of benzene rings is 4. The number of carbonyl (C=O) groups excluding carboxylic acids is 2. The maximum absolute atomic E-state index is 11.2. The number of aryl methyl sites for hydroxylation is 2. The third-order valence-electron chi connectivity index (χ3n) is 7.54. The number of alkyl halides is 2. The van der Waals surface area contributed by atoms with Crippen LogP contribution < -0.4 is 10.6 Å². The average molecular weight is 648 g/mol. The second-order valence-corrected chi connectivity index (χ2v) is 12.4. The van der Waals surface area contributed by atoms with Gasteiger partial charge in [0.25, 0.3) is 0 Å². The molecule has 5 nitrogen and oxygen atoms in total. The van der Waals surface area contributed by atoms with Crippen molar-refractivity contribution < 1.29 is 14.7 Å². The fourth-order valence-corrected chi connectivity index (χ4v) is 5.34. The first-order valence-corrected chi connectivity index (χ1v) is 16.1. The molecule has 5 rings (SSSR count). The molecule has 45 heavy (non-hydrogen) atoms. The molecule has 4 atom stereocenters. The molecule has 7 heteroatoms. The molecular weight excluding hydrogens is 603 g/mol. The second kappa shape index (κ2) is 18.0. The topological polar surface area (TPSA) is 78.4 Å². The van der Waals surface area contributed by atoms with Crippen molar-refractivity contribution in [3.63, 3.8) is 0 Å². The summed E-state index contributed by atoms with van der Waals surface area (Å²) in [6, 6.07) is 32.1. The Bertz CT molecular complexity index is 1410. The number of halogens is 2. The van der Waals surface area contributed by atoms with E-state index in [1.54, 1.807) is 13.8 Å². The predicted octanol–water partition coefficient (Wildman–Crippen LogP) is 7.98. The molecule has 0 amide bonds. The minimum Gasteiger partial charge on any atom is -0.395 e. The summed E-state index contributed by atoms with van der Waals surface area (Å²) in [6.45, 7) is 11.4. The molecule has 4 aromatic carbocycles. The molecule has 238 valence electrons. The molecule has 1 fully saturated rings. The van der Waals surface area contributed by atoms with Crippen LogP contribution >= 0.6 is 23.2 Å². The third kappa shape index (κ3) is 11.5. The molecular formula is C38H44Cl2N2O3. The molecule has 0 spiro atoms. The molecule has 1 aliphatic heterocycles. The Morgan fingerprint density at radius 2 is 1.11 bits per heavy atom. The smallest absolute Gasteiger partial charge is 0.159 e. The van der Waals surface area contributed by atoms with Gasteiger partial charge >= 0.3 is 0 Å². The number of piperazine rings is 1. The van der Waals surface area contributed by atoms with Crippen LogP contribution in [0.25, 0.3) is 0 Å². The van der Waals surface area contributed by atoms with Gasteiger partial charge < -0.3 is 15.7 Å². The molecule has 0 radical (unpaired) electrons. The molecule has 1 heterocycles. The first kappa shape index (κ1) is 36.2. The van der Waals surface area contributed by atoms with E-state index in [1.807, 2.05) is 98.8 Å². The number of rotatable bonds is 7. The van der Waals surface area contributed by atoms with Gasteiger partial charge in [-0.3, -0.25) is 9.59 Å². The van der Waals surface area contributed by atoms with E-state index < -0.39 is 0 Å². The third-order valence-corrected chi connectivity index (χ3v) is 8.54. The lowest BCUT2D eigenvalue weighted by Gasteiger charge is -2.27. The largest absolute Gasteiger partial charge is 0.395 e. The van der Waals surface area contributed by atoms with Crippen LogP contribution in [-0.2, 0) is 0 Å². The second-order valence-electron chi connectivity index (χ2n) is 11.5. The van der Waals surface area contributed by atoms with Gasteiger partial charge in [-0.25, -0.2) is 0 Å². The monoisotopic (exact) mass is 646 g/mol. The lowest BCUT2D eigenvalue weighted by Crippen LogP contribution is -2.54. The van der Waals surface area contributed by atoms with E-state index in [1.165, 1.54) is 11.1 Å². The lowest BCUT2D eigenvalue weighted by molar-refractivity contribution is 0.100. The van der Waals surface area contributed by atoms with E-state index in [2.05, 4.69) is 29.7 Å². The number of hydrogen-bond donors (Lipinski definition) is 3. The Morgan fingerprint density at radius 3 is 1.42 bits per heavy atom. The molecule has 4 aromatic rings. The van der Waals surface area contributed by atoms with Gasteiger partial charge in [0.15, 0.2) is 11.6 Å². The zero-order chi connectivity index (χ0) is 32.9. The maximum atomic E-state index is 11.2. The number of carbonyl (C=O) groups is 2. The minimum atomic E-state index is -0.175. The van der Waals surface area contributed by atoms with Crippen LogP contribution in [0.2, 0.25) is 0 Å². The van der Waals surface area contributed by atoms with Gasteiger partial charge in [0.2, 0.25) is 0 Å². The van der Waals surface area contributed by atoms with Crippen LogP contribution in [0.15, 0.2) is 97.1 Å². The van der Waals surface area contributed by atoms with E-state index in [0.717, 1.165) is 35.3 Å². The molecule has 0 aromatic heterocycles. The van der Waals surface area contributed by atoms with Gasteiger partial charge in [-0.1, -0.05) is 108 Å². The van der Waals surface area contributed by atoms with E-state index in [-0.39, 0.29) is 35.0 Å². The van der Waals surface area contributed by atoms with Crippen molar-refractivity contribution in [3.8, 4) is 0 Å². The van der Waals surface area contributed by atoms with Crippen molar-refractivity contribution in [1.29, 1.82) is 0 Å². The summed E-state index contributed by atoms with van der Waals surface area (Å²) in [4.78, 5) is 22.4. The summed E-state index contributed by atoms with van der Waals surface area (Å²) in [6.07, 6.45) is 0. The SMILES string of the molecule is CC(=O)c1ccc(C(Cl)c2cccc(C)c2)cc1.CC(=O)c1ccc(C(Cl)c2cccc(C)c2)cc1.CC1CNC(CO)CN1. The summed E-state index contributed by atoms with van der Waals surface area (Å²) in [5.41, 5.74) is 7.98. The van der Waals surface area contributed by atoms with Crippen molar-refractivity contribution in [2.45, 2.75) is 57.5 Å². The van der Waals surface area contributed by atoms with Gasteiger partial charge in [-0.2, -0.15) is 0 Å². The molecule has 0 saturated carbocycles. The Balaban J connectivity index is 0.000000195. The predicted molar refractivity (Wildman–Crippen MR) is 187 cm³/mol. The molecule has 3 N–H and O–H groups in total. The number of ketones is 2. The molecule has 4 unspecified atom stereocenters. The Hall–Kier alpha value is -3.32. The van der Waals surface area contributed by atoms with E-state index in [4.69, 9.17) is 28.3 Å². The first-order chi connectivity index (χ1) is 21.5. The Kier molecular flexibility index (Phi) is 14.4. The van der Waals surface area contributed by atoms with Crippen LogP contribution in [0.3, 0.4) is 0 Å². The Morgan fingerprint density at radius 1 is 0.689 bits per heavy atom. The summed E-state index contributed by atoms with van der Waals surface area (Å²) >= 11 is 12.9. The number of nitrogens with one attached hydrogen (secondary N) is 2. The minimum absolute atomic E-state index is 0.0724. The molecule has 0 aliphatic carbocycles. The van der Waals surface area contributed by atoms with Crippen molar-refractivity contribution in [2.75, 3.05) is 19.7 Å². The lowest BCUT2D eigenvalue weighted by atomic mass is 10.0. The molecule has 1 aliphatic rings. The summed E-state index contributed by atoms with van der Waals surface area (Å²) in [7, 11) is 0. The molecule has 1 saturated heterocycles. The van der Waals surface area contributed by atoms with Crippen LogP contribution in [-0.4, -0.2) is 48.5 Å². The molecule has 0 bridgehead atoms.